The van der Waals surface area contributed by atoms with E-state index in [4.69, 9.17) is 11.6 Å². The highest BCUT2D eigenvalue weighted by Gasteiger charge is 2.24. The molecule has 5 aromatic rings. The van der Waals surface area contributed by atoms with Gasteiger partial charge in [-0.25, -0.2) is 9.18 Å². The Morgan fingerprint density at radius 1 is 1.00 bits per heavy atom. The molecule has 1 aliphatic heterocycles. The molecule has 3 N–H and O–H groups in total. The number of rotatable bonds is 4. The first kappa shape index (κ1) is 25.2. The number of aromatic nitrogens is 4. The van der Waals surface area contributed by atoms with Gasteiger partial charge in [-0.05, 0) is 61.4 Å². The summed E-state index contributed by atoms with van der Waals surface area (Å²) in [5, 5.41) is 23.5. The fourth-order valence-corrected chi connectivity index (χ4v) is 5.80. The Morgan fingerprint density at radius 2 is 1.72 bits per heavy atom. The summed E-state index contributed by atoms with van der Waals surface area (Å²) in [6, 6.07) is 12.1. The first-order valence-corrected chi connectivity index (χ1v) is 13.1. The number of halogens is 2. The summed E-state index contributed by atoms with van der Waals surface area (Å²) in [5.41, 5.74) is 3.88. The van der Waals surface area contributed by atoms with Crippen LogP contribution in [0.4, 0.5) is 10.1 Å². The molecule has 0 bridgehead atoms. The predicted molar refractivity (Wildman–Crippen MR) is 152 cm³/mol. The molecule has 8 nitrogen and oxygen atoms in total. The Hall–Kier alpha value is -4.08. The Bertz CT molecular complexity index is 1760. The zero-order valence-corrected chi connectivity index (χ0v) is 22.5. The number of imidazole rings is 1. The first-order chi connectivity index (χ1) is 18.7. The molecule has 10 heteroatoms. The lowest BCUT2D eigenvalue weighted by Crippen LogP contribution is -2.54. The lowest BCUT2D eigenvalue weighted by atomic mass is 9.95. The van der Waals surface area contributed by atoms with E-state index in [0.29, 0.717) is 45.0 Å². The van der Waals surface area contributed by atoms with Crippen LogP contribution in [0.1, 0.15) is 13.8 Å². The van der Waals surface area contributed by atoms with Crippen molar-refractivity contribution < 1.29 is 9.50 Å². The molecule has 2 atom stereocenters. The number of benzene rings is 3. The van der Waals surface area contributed by atoms with Gasteiger partial charge < -0.3 is 19.9 Å². The molecular formula is C29H28ClFN6O2. The highest BCUT2D eigenvalue weighted by molar-refractivity contribution is 6.32. The molecule has 200 valence electrons. The van der Waals surface area contributed by atoms with Crippen LogP contribution in [0.2, 0.25) is 5.02 Å². The molecule has 2 aromatic heterocycles. The molecule has 3 aromatic carbocycles. The Morgan fingerprint density at radius 3 is 2.38 bits per heavy atom. The van der Waals surface area contributed by atoms with Crippen LogP contribution in [-0.2, 0) is 7.05 Å². The molecule has 39 heavy (non-hydrogen) atoms. The van der Waals surface area contributed by atoms with Crippen LogP contribution in [-0.4, -0.2) is 49.6 Å². The fourth-order valence-electron chi connectivity index (χ4n) is 5.53. The maximum atomic E-state index is 15.1. The number of phenolic OH excluding ortho intramolecular Hbond substituents is 1. The summed E-state index contributed by atoms with van der Waals surface area (Å²) < 4.78 is 17.9. The summed E-state index contributed by atoms with van der Waals surface area (Å²) in [6.07, 6.45) is 5.07. The molecular weight excluding hydrogens is 519 g/mol. The van der Waals surface area contributed by atoms with Crippen LogP contribution in [0.15, 0.2) is 65.8 Å². The number of piperazine rings is 1. The van der Waals surface area contributed by atoms with Crippen molar-refractivity contribution in [2.45, 2.75) is 25.9 Å². The van der Waals surface area contributed by atoms with Crippen molar-refractivity contribution in [3.8, 4) is 33.7 Å². The van der Waals surface area contributed by atoms with Gasteiger partial charge in [-0.15, -0.1) is 0 Å². The van der Waals surface area contributed by atoms with Crippen LogP contribution >= 0.6 is 11.6 Å². The molecule has 3 heterocycles. The number of nitrogens with zero attached hydrogens (tertiary/aromatic N) is 4. The molecule has 0 aliphatic carbocycles. The fraction of sp³-hybridized carbons (Fsp3) is 0.241. The van der Waals surface area contributed by atoms with Gasteiger partial charge in [0.1, 0.15) is 11.6 Å². The monoisotopic (exact) mass is 546 g/mol. The minimum Gasteiger partial charge on any atom is -0.507 e. The molecule has 0 amide bonds. The summed E-state index contributed by atoms with van der Waals surface area (Å²) in [5.74, 6) is -0.558. The third kappa shape index (κ3) is 4.47. The molecule has 0 saturated carbocycles. The zero-order valence-electron chi connectivity index (χ0n) is 21.7. The van der Waals surface area contributed by atoms with Crippen LogP contribution < -0.4 is 15.9 Å². The Kier molecular flexibility index (Phi) is 6.20. The van der Waals surface area contributed by atoms with Gasteiger partial charge in [-0.1, -0.05) is 17.7 Å². The summed E-state index contributed by atoms with van der Waals surface area (Å²) in [7, 11) is 1.66. The molecule has 6 rings (SSSR count). The van der Waals surface area contributed by atoms with E-state index < -0.39 is 5.82 Å². The number of aromatic hydroxyl groups is 1. The van der Waals surface area contributed by atoms with Crippen molar-refractivity contribution in [1.82, 2.24) is 24.6 Å². The van der Waals surface area contributed by atoms with Crippen molar-refractivity contribution in [2.24, 2.45) is 7.05 Å². The first-order valence-electron chi connectivity index (χ1n) is 12.7. The van der Waals surface area contributed by atoms with E-state index in [9.17, 15) is 9.90 Å². The third-order valence-corrected chi connectivity index (χ3v) is 7.59. The van der Waals surface area contributed by atoms with Gasteiger partial charge in [0.2, 0.25) is 0 Å². The van der Waals surface area contributed by atoms with E-state index in [2.05, 4.69) is 34.3 Å². The number of aryl methyl sites for hydroxylation is 1. The topological polar surface area (TPSA) is 91.1 Å². The lowest BCUT2D eigenvalue weighted by Gasteiger charge is -2.38. The van der Waals surface area contributed by atoms with E-state index in [0.717, 1.165) is 29.7 Å². The molecule has 0 spiro atoms. The minimum absolute atomic E-state index is 0.0658. The number of nitrogens with one attached hydrogen (secondary N) is 2. The average Bonchev–Trinajstić information content (AvgIpc) is 3.50. The van der Waals surface area contributed by atoms with Crippen molar-refractivity contribution in [1.29, 1.82) is 0 Å². The third-order valence-electron chi connectivity index (χ3n) is 7.29. The zero-order chi connectivity index (χ0) is 27.4. The van der Waals surface area contributed by atoms with Crippen LogP contribution in [0.5, 0.6) is 5.75 Å². The Labute approximate surface area is 229 Å². The van der Waals surface area contributed by atoms with Crippen molar-refractivity contribution in [3.63, 3.8) is 0 Å². The maximum Gasteiger partial charge on any atom is 0.332 e. The van der Waals surface area contributed by atoms with Crippen molar-refractivity contribution in [2.75, 3.05) is 18.0 Å². The second-order valence-corrected chi connectivity index (χ2v) is 10.7. The maximum absolute atomic E-state index is 15.1. The SMILES string of the molecule is C[C@@H]1CN(c2cc(-c3cc(F)cc(-c4ccc(-n5ccn(C)c5=O)c(Cl)c4)c3O)cc3[nH]ncc23)C[C@H](C)N1. The van der Waals surface area contributed by atoms with Crippen LogP contribution in [0, 0.1) is 5.82 Å². The highest BCUT2D eigenvalue weighted by atomic mass is 35.5. The van der Waals surface area contributed by atoms with Crippen molar-refractivity contribution >= 4 is 28.2 Å². The average molecular weight is 547 g/mol. The van der Waals surface area contributed by atoms with Gasteiger partial charge in [0.05, 0.1) is 22.4 Å². The summed E-state index contributed by atoms with van der Waals surface area (Å²) >= 11 is 6.56. The van der Waals surface area contributed by atoms with E-state index >= 15 is 4.39 Å². The van der Waals surface area contributed by atoms with Gasteiger partial charge >= 0.3 is 5.69 Å². The van der Waals surface area contributed by atoms with Crippen LogP contribution in [0.3, 0.4) is 0 Å². The number of anilines is 1. The standard InChI is InChI=1S/C29H28ClFN6O2/c1-16-14-36(15-17(2)33-16)27-10-19(9-25-23(27)13-32-34-25)22-12-20(31)11-21(28(22)38)18-4-5-26(24(30)8-18)37-7-6-35(3)29(37)39/h4-13,16-17,33,38H,14-15H2,1-3H3,(H,32,34)/t16-,17+. The van der Waals surface area contributed by atoms with Gasteiger partial charge in [0.25, 0.3) is 0 Å². The Balaban J connectivity index is 1.46. The number of fused-ring (bicyclic) bond motifs is 1. The smallest absolute Gasteiger partial charge is 0.332 e. The molecule has 0 unspecified atom stereocenters. The predicted octanol–water partition coefficient (Wildman–Crippen LogP) is 5.07. The van der Waals surface area contributed by atoms with E-state index in [-0.39, 0.29) is 11.4 Å². The quantitative estimate of drug-likeness (QED) is 0.293. The number of hydrogen-bond acceptors (Lipinski definition) is 5. The van der Waals surface area contributed by atoms with E-state index in [1.807, 2.05) is 12.1 Å². The molecule has 1 fully saturated rings. The van der Waals surface area contributed by atoms with E-state index in [1.165, 1.54) is 21.3 Å². The van der Waals surface area contributed by atoms with Gasteiger partial charge in [-0.3, -0.25) is 9.67 Å². The number of aromatic amines is 1. The largest absolute Gasteiger partial charge is 0.507 e. The highest BCUT2D eigenvalue weighted by Crippen LogP contribution is 2.42. The molecule has 1 saturated heterocycles. The summed E-state index contributed by atoms with van der Waals surface area (Å²) in [6.45, 7) is 5.91. The second kappa shape index (κ2) is 9.59. The normalized spacial score (nSPS) is 17.7. The van der Waals surface area contributed by atoms with Crippen LogP contribution in [0.25, 0.3) is 38.8 Å². The van der Waals surface area contributed by atoms with Gasteiger partial charge in [0, 0.05) is 66.8 Å². The van der Waals surface area contributed by atoms with E-state index in [1.54, 1.807) is 43.8 Å². The van der Waals surface area contributed by atoms with Gasteiger partial charge in [0.15, 0.2) is 0 Å². The van der Waals surface area contributed by atoms with Crippen molar-refractivity contribution in [3.05, 3.63) is 82.4 Å². The summed E-state index contributed by atoms with van der Waals surface area (Å²) in [4.78, 5) is 14.7. The van der Waals surface area contributed by atoms with Gasteiger partial charge in [-0.2, -0.15) is 5.10 Å². The lowest BCUT2D eigenvalue weighted by molar-refractivity contribution is 0.407. The molecule has 0 radical (unpaired) electrons. The second-order valence-electron chi connectivity index (χ2n) is 10.3. The number of H-pyrrole nitrogens is 1. The molecule has 1 aliphatic rings. The minimum atomic E-state index is -0.493. The number of hydrogen-bond donors (Lipinski definition) is 3. The number of phenols is 1.